The van der Waals surface area contributed by atoms with E-state index in [1.165, 1.54) is 12.1 Å². The van der Waals surface area contributed by atoms with Crippen LogP contribution in [-0.2, 0) is 20.9 Å². The van der Waals surface area contributed by atoms with Crippen LogP contribution in [0.5, 0.6) is 0 Å². The molecule has 5 nitrogen and oxygen atoms in total. The van der Waals surface area contributed by atoms with Gasteiger partial charge in [0.05, 0.1) is 13.2 Å². The van der Waals surface area contributed by atoms with E-state index >= 15 is 0 Å². The first-order valence-electron chi connectivity index (χ1n) is 10.6. The number of carbonyl (C=O) groups excluding carboxylic acids is 2. The van der Waals surface area contributed by atoms with Crippen LogP contribution in [0, 0.1) is 5.82 Å². The van der Waals surface area contributed by atoms with E-state index < -0.39 is 0 Å². The fourth-order valence-electron chi connectivity index (χ4n) is 3.39. The van der Waals surface area contributed by atoms with Crippen LogP contribution >= 0.6 is 0 Å². The molecule has 166 valence electrons. The summed E-state index contributed by atoms with van der Waals surface area (Å²) in [5.74, 6) is -0.826. The number of halogens is 1. The summed E-state index contributed by atoms with van der Waals surface area (Å²) in [4.78, 5) is 26.5. The van der Waals surface area contributed by atoms with E-state index in [9.17, 15) is 14.0 Å². The van der Waals surface area contributed by atoms with Gasteiger partial charge in [0.1, 0.15) is 5.82 Å². The van der Waals surface area contributed by atoms with Crippen molar-refractivity contribution >= 4 is 17.6 Å². The lowest BCUT2D eigenvalue weighted by molar-refractivity contribution is -0.144. The zero-order valence-corrected chi connectivity index (χ0v) is 18.1. The van der Waals surface area contributed by atoms with Crippen molar-refractivity contribution in [2.75, 3.05) is 25.0 Å². The van der Waals surface area contributed by atoms with Gasteiger partial charge in [-0.15, -0.1) is 0 Å². The number of para-hydroxylation sites is 1. The Balaban J connectivity index is 1.64. The first-order valence-corrected chi connectivity index (χ1v) is 10.6. The Kier molecular flexibility index (Phi) is 8.52. The fraction of sp³-hybridized carbons (Fsp3) is 0.231. The van der Waals surface area contributed by atoms with Crippen molar-refractivity contribution in [3.63, 3.8) is 0 Å². The van der Waals surface area contributed by atoms with E-state index in [-0.39, 0.29) is 30.7 Å². The van der Waals surface area contributed by atoms with Gasteiger partial charge < -0.3 is 10.1 Å². The highest BCUT2D eigenvalue weighted by molar-refractivity contribution is 5.95. The predicted octanol–water partition coefficient (Wildman–Crippen LogP) is 4.89. The number of hydrogen-bond acceptors (Lipinski definition) is 4. The second-order valence-corrected chi connectivity index (χ2v) is 7.35. The number of benzene rings is 3. The molecule has 3 rings (SSSR count). The lowest BCUT2D eigenvalue weighted by Gasteiger charge is -2.21. The maximum Gasteiger partial charge on any atom is 0.320 e. The lowest BCUT2D eigenvalue weighted by atomic mass is 10.0. The van der Waals surface area contributed by atoms with Gasteiger partial charge in [0.2, 0.25) is 5.91 Å². The van der Waals surface area contributed by atoms with Crippen molar-refractivity contribution < 1.29 is 18.7 Å². The fourth-order valence-corrected chi connectivity index (χ4v) is 3.39. The van der Waals surface area contributed by atoms with Crippen molar-refractivity contribution in [2.45, 2.75) is 19.9 Å². The minimum absolute atomic E-state index is 0.0547. The minimum atomic E-state index is -0.357. The Morgan fingerprint density at radius 3 is 2.34 bits per heavy atom. The van der Waals surface area contributed by atoms with E-state index in [2.05, 4.69) is 5.32 Å². The van der Waals surface area contributed by atoms with Gasteiger partial charge in [-0.05, 0) is 36.2 Å². The first kappa shape index (κ1) is 23.2. The van der Waals surface area contributed by atoms with Gasteiger partial charge in [0, 0.05) is 30.8 Å². The maximum atomic E-state index is 13.2. The zero-order valence-electron chi connectivity index (χ0n) is 18.1. The number of amides is 1. The molecule has 0 aliphatic carbocycles. The van der Waals surface area contributed by atoms with E-state index in [4.69, 9.17) is 4.74 Å². The molecule has 0 aromatic heterocycles. The normalized spacial score (nSPS) is 10.7. The van der Waals surface area contributed by atoms with Crippen molar-refractivity contribution in [2.24, 2.45) is 0 Å². The molecule has 0 aliphatic heterocycles. The SMILES string of the molecule is CCOC(=O)CN(CCC(=O)Nc1ccccc1-c1ccccc1)Cc1ccc(F)cc1. The standard InChI is InChI=1S/C26H27FN2O3/c1-2-32-26(31)19-29(18-20-12-14-22(27)15-13-20)17-16-25(30)28-24-11-7-6-10-23(24)21-8-4-3-5-9-21/h3-15H,2,16-19H2,1H3,(H,28,30). The van der Waals surface area contributed by atoms with Crippen molar-refractivity contribution in [3.05, 3.63) is 90.2 Å². The highest BCUT2D eigenvalue weighted by Gasteiger charge is 2.15. The van der Waals surface area contributed by atoms with Crippen LogP contribution in [-0.4, -0.2) is 36.5 Å². The van der Waals surface area contributed by atoms with Crippen LogP contribution in [0.2, 0.25) is 0 Å². The van der Waals surface area contributed by atoms with E-state index in [0.29, 0.717) is 19.7 Å². The van der Waals surface area contributed by atoms with Gasteiger partial charge in [0.15, 0.2) is 0 Å². The number of carbonyl (C=O) groups is 2. The zero-order chi connectivity index (χ0) is 22.8. The van der Waals surface area contributed by atoms with Crippen molar-refractivity contribution in [1.29, 1.82) is 0 Å². The second-order valence-electron chi connectivity index (χ2n) is 7.35. The van der Waals surface area contributed by atoms with E-state index in [0.717, 1.165) is 22.4 Å². The summed E-state index contributed by atoms with van der Waals surface area (Å²) in [7, 11) is 0. The van der Waals surface area contributed by atoms with E-state index in [1.54, 1.807) is 19.1 Å². The number of nitrogens with zero attached hydrogens (tertiary/aromatic N) is 1. The van der Waals surface area contributed by atoms with Crippen molar-refractivity contribution in [3.8, 4) is 11.1 Å². The number of hydrogen-bond donors (Lipinski definition) is 1. The van der Waals surface area contributed by atoms with Gasteiger partial charge >= 0.3 is 5.97 Å². The number of rotatable bonds is 10. The van der Waals surface area contributed by atoms with Crippen LogP contribution < -0.4 is 5.32 Å². The molecule has 0 atom stereocenters. The highest BCUT2D eigenvalue weighted by atomic mass is 19.1. The molecule has 32 heavy (non-hydrogen) atoms. The Morgan fingerprint density at radius 1 is 0.938 bits per heavy atom. The van der Waals surface area contributed by atoms with Crippen LogP contribution in [0.25, 0.3) is 11.1 Å². The van der Waals surface area contributed by atoms with Crippen LogP contribution in [0.1, 0.15) is 18.9 Å². The molecule has 0 bridgehead atoms. The Hall–Kier alpha value is -3.51. The quantitative estimate of drug-likeness (QED) is 0.462. The molecule has 0 unspecified atom stereocenters. The summed E-state index contributed by atoms with van der Waals surface area (Å²) in [6.45, 7) is 2.86. The molecule has 3 aromatic rings. The van der Waals surface area contributed by atoms with Crippen LogP contribution in [0.15, 0.2) is 78.9 Å². The second kappa shape index (κ2) is 11.8. The molecule has 3 aromatic carbocycles. The average molecular weight is 435 g/mol. The number of nitrogens with one attached hydrogen (secondary N) is 1. The number of esters is 1. The van der Waals surface area contributed by atoms with Crippen LogP contribution in [0.3, 0.4) is 0 Å². The first-order chi connectivity index (χ1) is 15.5. The van der Waals surface area contributed by atoms with Crippen LogP contribution in [0.4, 0.5) is 10.1 Å². The van der Waals surface area contributed by atoms with Gasteiger partial charge in [-0.25, -0.2) is 4.39 Å². The molecule has 1 N–H and O–H groups in total. The molecule has 6 heteroatoms. The molecule has 0 radical (unpaired) electrons. The molecule has 0 saturated heterocycles. The highest BCUT2D eigenvalue weighted by Crippen LogP contribution is 2.27. The molecule has 0 heterocycles. The molecular formula is C26H27FN2O3. The summed E-state index contributed by atoms with van der Waals surface area (Å²) < 4.78 is 18.3. The van der Waals surface area contributed by atoms with Gasteiger partial charge in [-0.2, -0.15) is 0 Å². The Labute approximate surface area is 187 Å². The lowest BCUT2D eigenvalue weighted by Crippen LogP contribution is -2.33. The predicted molar refractivity (Wildman–Crippen MR) is 123 cm³/mol. The summed E-state index contributed by atoms with van der Waals surface area (Å²) >= 11 is 0. The number of anilines is 1. The van der Waals surface area contributed by atoms with Crippen molar-refractivity contribution in [1.82, 2.24) is 4.90 Å². The molecule has 0 aliphatic rings. The summed E-state index contributed by atoms with van der Waals surface area (Å²) in [5.41, 5.74) is 3.55. The molecular weight excluding hydrogens is 407 g/mol. The van der Waals surface area contributed by atoms with E-state index in [1.807, 2.05) is 59.5 Å². The topological polar surface area (TPSA) is 58.6 Å². The summed E-state index contributed by atoms with van der Waals surface area (Å²) in [6.07, 6.45) is 0.198. The largest absolute Gasteiger partial charge is 0.465 e. The molecule has 0 saturated carbocycles. The summed E-state index contributed by atoms with van der Waals surface area (Å²) in [5, 5.41) is 2.98. The Morgan fingerprint density at radius 2 is 1.62 bits per heavy atom. The minimum Gasteiger partial charge on any atom is -0.465 e. The average Bonchev–Trinajstić information content (AvgIpc) is 2.80. The third-order valence-corrected chi connectivity index (χ3v) is 4.92. The maximum absolute atomic E-state index is 13.2. The third kappa shape index (κ3) is 7.03. The van der Waals surface area contributed by atoms with Gasteiger partial charge in [0.25, 0.3) is 0 Å². The number of ether oxygens (including phenoxy) is 1. The molecule has 1 amide bonds. The summed E-state index contributed by atoms with van der Waals surface area (Å²) in [6, 6.07) is 23.6. The monoisotopic (exact) mass is 434 g/mol. The molecule has 0 spiro atoms. The van der Waals surface area contributed by atoms with Gasteiger partial charge in [-0.3, -0.25) is 14.5 Å². The third-order valence-electron chi connectivity index (χ3n) is 4.92. The smallest absolute Gasteiger partial charge is 0.320 e. The van der Waals surface area contributed by atoms with Gasteiger partial charge in [-0.1, -0.05) is 60.7 Å². The Bertz CT molecular complexity index is 1020. The molecule has 0 fully saturated rings.